The van der Waals surface area contributed by atoms with Crippen LogP contribution in [0.5, 0.6) is 0 Å². The number of hydrogen-bond acceptors (Lipinski definition) is 2. The molecule has 1 heterocycles. The van der Waals surface area contributed by atoms with Crippen molar-refractivity contribution >= 4 is 5.91 Å². The first-order chi connectivity index (χ1) is 7.66. The Kier molecular flexibility index (Phi) is 3.85. The lowest BCUT2D eigenvalue weighted by Gasteiger charge is -2.34. The molecule has 0 aromatic heterocycles. The van der Waals surface area contributed by atoms with Gasteiger partial charge in [-0.05, 0) is 52.0 Å². The van der Waals surface area contributed by atoms with Crippen LogP contribution >= 0.6 is 0 Å². The summed E-state index contributed by atoms with van der Waals surface area (Å²) >= 11 is 0. The van der Waals surface area contributed by atoms with E-state index in [1.54, 1.807) is 0 Å². The molecule has 0 spiro atoms. The second-order valence-corrected chi connectivity index (χ2v) is 5.56. The highest BCUT2D eigenvalue weighted by Gasteiger charge is 2.29. The summed E-state index contributed by atoms with van der Waals surface area (Å²) in [5, 5.41) is 6.59. The minimum Gasteiger partial charge on any atom is -0.353 e. The van der Waals surface area contributed by atoms with Crippen molar-refractivity contribution in [2.75, 3.05) is 6.54 Å². The monoisotopic (exact) mass is 224 g/mol. The van der Waals surface area contributed by atoms with Gasteiger partial charge in [-0.3, -0.25) is 4.79 Å². The maximum Gasteiger partial charge on any atom is 0.223 e. The van der Waals surface area contributed by atoms with Gasteiger partial charge in [-0.25, -0.2) is 0 Å². The molecule has 92 valence electrons. The van der Waals surface area contributed by atoms with E-state index in [1.807, 2.05) is 0 Å². The van der Waals surface area contributed by atoms with E-state index in [0.29, 0.717) is 12.1 Å². The lowest BCUT2D eigenvalue weighted by molar-refractivity contribution is -0.127. The average molecular weight is 224 g/mol. The lowest BCUT2D eigenvalue weighted by atomic mass is 9.80. The molecule has 0 aromatic rings. The molecule has 3 nitrogen and oxygen atoms in total. The largest absolute Gasteiger partial charge is 0.353 e. The Bertz CT molecular complexity index is 250. The lowest BCUT2D eigenvalue weighted by Crippen LogP contribution is -2.47. The molecule has 3 atom stereocenters. The van der Waals surface area contributed by atoms with E-state index in [4.69, 9.17) is 0 Å². The van der Waals surface area contributed by atoms with Crippen molar-refractivity contribution in [1.82, 2.24) is 10.6 Å². The number of hydrogen-bond donors (Lipinski definition) is 2. The zero-order chi connectivity index (χ0) is 11.5. The second-order valence-electron chi connectivity index (χ2n) is 5.56. The van der Waals surface area contributed by atoms with E-state index in [0.717, 1.165) is 25.3 Å². The molecule has 0 bridgehead atoms. The number of piperidine rings is 1. The highest BCUT2D eigenvalue weighted by molar-refractivity contribution is 5.79. The van der Waals surface area contributed by atoms with Gasteiger partial charge in [0.1, 0.15) is 0 Å². The van der Waals surface area contributed by atoms with Crippen LogP contribution in [0.4, 0.5) is 0 Å². The molecule has 2 aliphatic rings. The molecule has 0 radical (unpaired) electrons. The molecule has 3 unspecified atom stereocenters. The van der Waals surface area contributed by atoms with Crippen LogP contribution in [-0.4, -0.2) is 24.5 Å². The zero-order valence-electron chi connectivity index (χ0n) is 10.5. The van der Waals surface area contributed by atoms with Gasteiger partial charge >= 0.3 is 0 Å². The second kappa shape index (κ2) is 5.17. The van der Waals surface area contributed by atoms with Gasteiger partial charge in [-0.2, -0.15) is 0 Å². The fourth-order valence-corrected chi connectivity index (χ4v) is 2.77. The summed E-state index contributed by atoms with van der Waals surface area (Å²) in [6.45, 7) is 5.30. The molecule has 1 aliphatic carbocycles. The van der Waals surface area contributed by atoms with Gasteiger partial charge in [0.15, 0.2) is 0 Å². The smallest absolute Gasteiger partial charge is 0.223 e. The maximum atomic E-state index is 12.1. The predicted octanol–water partition coefficient (Wildman–Crippen LogP) is 1.68. The quantitative estimate of drug-likeness (QED) is 0.766. The van der Waals surface area contributed by atoms with Gasteiger partial charge in [0.25, 0.3) is 0 Å². The highest BCUT2D eigenvalue weighted by Crippen LogP contribution is 2.29. The fraction of sp³-hybridized carbons (Fsp3) is 0.923. The van der Waals surface area contributed by atoms with Crippen molar-refractivity contribution in [3.05, 3.63) is 0 Å². The zero-order valence-corrected chi connectivity index (χ0v) is 10.5. The molecular formula is C13H24N2O. The van der Waals surface area contributed by atoms with Crippen LogP contribution in [0.1, 0.15) is 46.0 Å². The standard InChI is InChI=1S/C13H24N2O/c1-9-8-12(6-7-14-9)13(16)15-10(2)11-4-3-5-11/h9-12,14H,3-8H2,1-2H3,(H,15,16). The predicted molar refractivity (Wildman–Crippen MR) is 65.1 cm³/mol. The number of amides is 1. The third-order valence-corrected chi connectivity index (χ3v) is 4.22. The number of rotatable bonds is 3. The Morgan fingerprint density at radius 1 is 1.38 bits per heavy atom. The van der Waals surface area contributed by atoms with Crippen LogP contribution in [0.3, 0.4) is 0 Å². The molecule has 2 rings (SSSR count). The molecule has 2 fully saturated rings. The van der Waals surface area contributed by atoms with E-state index in [-0.39, 0.29) is 11.8 Å². The normalized spacial score (nSPS) is 32.9. The van der Waals surface area contributed by atoms with Crippen molar-refractivity contribution in [2.45, 2.75) is 58.0 Å². The van der Waals surface area contributed by atoms with Crippen LogP contribution in [0.15, 0.2) is 0 Å². The molecule has 2 N–H and O–H groups in total. The van der Waals surface area contributed by atoms with Gasteiger partial charge in [-0.1, -0.05) is 6.42 Å². The molecule has 1 saturated heterocycles. The summed E-state index contributed by atoms with van der Waals surface area (Å²) in [5.41, 5.74) is 0. The Morgan fingerprint density at radius 3 is 2.69 bits per heavy atom. The Labute approximate surface area is 98.4 Å². The average Bonchev–Trinajstić information content (AvgIpc) is 2.14. The van der Waals surface area contributed by atoms with Crippen LogP contribution in [0.2, 0.25) is 0 Å². The third-order valence-electron chi connectivity index (χ3n) is 4.22. The summed E-state index contributed by atoms with van der Waals surface area (Å²) < 4.78 is 0. The Morgan fingerprint density at radius 2 is 2.12 bits per heavy atom. The molecule has 1 amide bonds. The minimum atomic E-state index is 0.235. The van der Waals surface area contributed by atoms with Gasteiger partial charge in [-0.15, -0.1) is 0 Å². The molecule has 3 heteroatoms. The van der Waals surface area contributed by atoms with Crippen molar-refractivity contribution in [3.8, 4) is 0 Å². The Hall–Kier alpha value is -0.570. The summed E-state index contributed by atoms with van der Waals surface area (Å²) in [5.74, 6) is 1.26. The molecule has 16 heavy (non-hydrogen) atoms. The molecule has 0 aromatic carbocycles. The van der Waals surface area contributed by atoms with Crippen LogP contribution in [-0.2, 0) is 4.79 Å². The molecule has 1 saturated carbocycles. The van der Waals surface area contributed by atoms with E-state index >= 15 is 0 Å². The van der Waals surface area contributed by atoms with E-state index in [9.17, 15) is 4.79 Å². The highest BCUT2D eigenvalue weighted by atomic mass is 16.1. The summed E-state index contributed by atoms with van der Waals surface area (Å²) in [6, 6.07) is 0.870. The third kappa shape index (κ3) is 2.76. The van der Waals surface area contributed by atoms with Gasteiger partial charge in [0.2, 0.25) is 5.91 Å². The summed E-state index contributed by atoms with van der Waals surface area (Å²) in [7, 11) is 0. The molecule has 1 aliphatic heterocycles. The van der Waals surface area contributed by atoms with Gasteiger partial charge < -0.3 is 10.6 Å². The summed E-state index contributed by atoms with van der Waals surface area (Å²) in [4.78, 5) is 12.1. The SMILES string of the molecule is CC1CC(C(=O)NC(C)C2CCC2)CCN1. The first-order valence-electron chi connectivity index (χ1n) is 6.70. The Balaban J connectivity index is 1.77. The first-order valence-corrected chi connectivity index (χ1v) is 6.70. The van der Waals surface area contributed by atoms with E-state index < -0.39 is 0 Å². The van der Waals surface area contributed by atoms with Crippen molar-refractivity contribution in [2.24, 2.45) is 11.8 Å². The van der Waals surface area contributed by atoms with Crippen LogP contribution in [0.25, 0.3) is 0 Å². The van der Waals surface area contributed by atoms with Crippen LogP contribution < -0.4 is 10.6 Å². The summed E-state index contributed by atoms with van der Waals surface area (Å²) in [6.07, 6.45) is 5.92. The number of carbonyl (C=O) groups is 1. The minimum absolute atomic E-state index is 0.235. The maximum absolute atomic E-state index is 12.1. The van der Waals surface area contributed by atoms with Crippen molar-refractivity contribution < 1.29 is 4.79 Å². The topological polar surface area (TPSA) is 41.1 Å². The first kappa shape index (κ1) is 11.9. The number of nitrogens with one attached hydrogen (secondary N) is 2. The fourth-order valence-electron chi connectivity index (χ4n) is 2.77. The van der Waals surface area contributed by atoms with Crippen molar-refractivity contribution in [3.63, 3.8) is 0 Å². The van der Waals surface area contributed by atoms with Crippen molar-refractivity contribution in [1.29, 1.82) is 0 Å². The van der Waals surface area contributed by atoms with Crippen LogP contribution in [0, 0.1) is 11.8 Å². The van der Waals surface area contributed by atoms with E-state index in [1.165, 1.54) is 19.3 Å². The van der Waals surface area contributed by atoms with Gasteiger partial charge in [0.05, 0.1) is 0 Å². The van der Waals surface area contributed by atoms with E-state index in [2.05, 4.69) is 24.5 Å². The number of carbonyl (C=O) groups excluding carboxylic acids is 1. The molecular weight excluding hydrogens is 200 g/mol. The van der Waals surface area contributed by atoms with Gasteiger partial charge in [0, 0.05) is 18.0 Å².